The molecule has 0 radical (unpaired) electrons. The number of carbonyl (C=O) groups is 1. The highest BCUT2D eigenvalue weighted by molar-refractivity contribution is 7.89. The Labute approximate surface area is 159 Å². The van der Waals surface area contributed by atoms with Crippen molar-refractivity contribution in [3.05, 3.63) is 53.1 Å². The Bertz CT molecular complexity index is 939. The first-order valence-electron chi connectivity index (χ1n) is 8.10. The number of methoxy groups -OCH3 is 3. The van der Waals surface area contributed by atoms with Crippen LogP contribution in [0, 0.1) is 6.92 Å². The Morgan fingerprint density at radius 3 is 2.33 bits per heavy atom. The van der Waals surface area contributed by atoms with E-state index in [2.05, 4.69) is 0 Å². The summed E-state index contributed by atoms with van der Waals surface area (Å²) in [5, 5.41) is 0. The Kier molecular flexibility index (Phi) is 6.45. The van der Waals surface area contributed by atoms with E-state index in [0.717, 1.165) is 0 Å². The van der Waals surface area contributed by atoms with Crippen LogP contribution in [0.15, 0.2) is 41.3 Å². The number of nitrogens with zero attached hydrogens (tertiary/aromatic N) is 1. The molecule has 2 aromatic carbocycles. The fraction of sp³-hybridized carbons (Fsp3) is 0.316. The summed E-state index contributed by atoms with van der Waals surface area (Å²) in [5.74, 6) is 0.568. The van der Waals surface area contributed by atoms with Crippen LogP contribution >= 0.6 is 0 Å². The molecule has 0 saturated carbocycles. The summed E-state index contributed by atoms with van der Waals surface area (Å²) >= 11 is 0. The van der Waals surface area contributed by atoms with Crippen LogP contribution in [-0.2, 0) is 21.3 Å². The zero-order valence-corrected chi connectivity index (χ0v) is 16.8. The van der Waals surface area contributed by atoms with Crippen LogP contribution in [-0.4, -0.2) is 47.1 Å². The van der Waals surface area contributed by atoms with Crippen molar-refractivity contribution in [2.24, 2.45) is 0 Å². The van der Waals surface area contributed by atoms with E-state index in [4.69, 9.17) is 14.2 Å². The van der Waals surface area contributed by atoms with Gasteiger partial charge in [0.05, 0.1) is 31.8 Å². The minimum absolute atomic E-state index is 0.0119. The standard InChI is InChI=1S/C19H23NO6S/c1-13-6-8-16(11-17(13)19(21)26-5)27(22,23)20(2)12-14-10-15(24-3)7-9-18(14)25-4/h6-11H,12H2,1-5H3. The van der Waals surface area contributed by atoms with Gasteiger partial charge in [-0.15, -0.1) is 0 Å². The topological polar surface area (TPSA) is 82.1 Å². The van der Waals surface area contributed by atoms with Gasteiger partial charge in [0.15, 0.2) is 0 Å². The van der Waals surface area contributed by atoms with Crippen molar-refractivity contribution in [3.8, 4) is 11.5 Å². The first kappa shape index (κ1) is 20.7. The van der Waals surface area contributed by atoms with Gasteiger partial charge in [0.1, 0.15) is 11.5 Å². The van der Waals surface area contributed by atoms with Crippen molar-refractivity contribution in [2.75, 3.05) is 28.4 Å². The van der Waals surface area contributed by atoms with Crippen molar-refractivity contribution in [3.63, 3.8) is 0 Å². The molecule has 0 fully saturated rings. The Hall–Kier alpha value is -2.58. The highest BCUT2D eigenvalue weighted by atomic mass is 32.2. The lowest BCUT2D eigenvalue weighted by molar-refractivity contribution is 0.0599. The molecule has 0 spiro atoms. The molecule has 7 nitrogen and oxygen atoms in total. The first-order chi connectivity index (χ1) is 12.7. The molecule has 2 aromatic rings. The monoisotopic (exact) mass is 393 g/mol. The molecule has 27 heavy (non-hydrogen) atoms. The second-order valence-corrected chi connectivity index (χ2v) is 7.95. The highest BCUT2D eigenvalue weighted by Crippen LogP contribution is 2.27. The van der Waals surface area contributed by atoms with E-state index in [0.29, 0.717) is 22.6 Å². The summed E-state index contributed by atoms with van der Waals surface area (Å²) in [5.41, 5.74) is 1.51. The maximum Gasteiger partial charge on any atom is 0.338 e. The minimum Gasteiger partial charge on any atom is -0.497 e. The molecule has 2 rings (SSSR count). The predicted molar refractivity (Wildman–Crippen MR) is 101 cm³/mol. The number of hydrogen-bond donors (Lipinski definition) is 0. The van der Waals surface area contributed by atoms with Gasteiger partial charge in [-0.3, -0.25) is 0 Å². The molecule has 0 bridgehead atoms. The number of rotatable bonds is 7. The summed E-state index contributed by atoms with van der Waals surface area (Å²) in [4.78, 5) is 11.9. The molecule has 8 heteroatoms. The summed E-state index contributed by atoms with van der Waals surface area (Å²) < 4.78 is 42.3. The number of aryl methyl sites for hydroxylation is 1. The molecule has 0 aliphatic rings. The third kappa shape index (κ3) is 4.40. The van der Waals surface area contributed by atoms with Gasteiger partial charge in [-0.2, -0.15) is 4.31 Å². The SMILES string of the molecule is COC(=O)c1cc(S(=O)(=O)N(C)Cc2cc(OC)ccc2OC)ccc1C. The quantitative estimate of drug-likeness (QED) is 0.673. The Morgan fingerprint density at radius 1 is 1.04 bits per heavy atom. The van der Waals surface area contributed by atoms with Crippen molar-refractivity contribution in [1.29, 1.82) is 0 Å². The number of benzene rings is 2. The van der Waals surface area contributed by atoms with Gasteiger partial charge < -0.3 is 14.2 Å². The number of esters is 1. The van der Waals surface area contributed by atoms with Gasteiger partial charge in [0.2, 0.25) is 10.0 Å². The van der Waals surface area contributed by atoms with E-state index in [-0.39, 0.29) is 17.0 Å². The lowest BCUT2D eigenvalue weighted by Gasteiger charge is -2.20. The van der Waals surface area contributed by atoms with Crippen molar-refractivity contribution in [2.45, 2.75) is 18.4 Å². The minimum atomic E-state index is -3.83. The van der Waals surface area contributed by atoms with Crippen LogP contribution in [0.3, 0.4) is 0 Å². The van der Waals surface area contributed by atoms with E-state index in [1.807, 2.05) is 0 Å². The summed E-state index contributed by atoms with van der Waals surface area (Å²) in [6.45, 7) is 1.79. The fourth-order valence-corrected chi connectivity index (χ4v) is 3.78. The van der Waals surface area contributed by atoms with Gasteiger partial charge in [-0.05, 0) is 42.8 Å². The van der Waals surface area contributed by atoms with Crippen molar-refractivity contribution >= 4 is 16.0 Å². The third-order valence-corrected chi connectivity index (χ3v) is 6.00. The lowest BCUT2D eigenvalue weighted by Crippen LogP contribution is -2.27. The lowest BCUT2D eigenvalue weighted by atomic mass is 10.1. The molecule has 0 aromatic heterocycles. The first-order valence-corrected chi connectivity index (χ1v) is 9.54. The van der Waals surface area contributed by atoms with Crippen LogP contribution in [0.1, 0.15) is 21.5 Å². The third-order valence-electron chi connectivity index (χ3n) is 4.20. The molecular weight excluding hydrogens is 370 g/mol. The van der Waals surface area contributed by atoms with Crippen LogP contribution < -0.4 is 9.47 Å². The number of hydrogen-bond acceptors (Lipinski definition) is 6. The zero-order chi connectivity index (χ0) is 20.2. The van der Waals surface area contributed by atoms with Crippen LogP contribution in [0.5, 0.6) is 11.5 Å². The molecule has 0 aliphatic carbocycles. The summed E-state index contributed by atoms with van der Waals surface area (Å²) in [6.07, 6.45) is 0. The zero-order valence-electron chi connectivity index (χ0n) is 16.0. The van der Waals surface area contributed by atoms with Crippen molar-refractivity contribution in [1.82, 2.24) is 4.31 Å². The van der Waals surface area contributed by atoms with Gasteiger partial charge in [-0.25, -0.2) is 13.2 Å². The Balaban J connectivity index is 2.39. The van der Waals surface area contributed by atoms with Crippen molar-refractivity contribution < 1.29 is 27.4 Å². The van der Waals surface area contributed by atoms with Gasteiger partial charge in [0, 0.05) is 19.2 Å². The average molecular weight is 393 g/mol. The van der Waals surface area contributed by atoms with E-state index < -0.39 is 16.0 Å². The number of carbonyl (C=O) groups excluding carboxylic acids is 1. The summed E-state index contributed by atoms with van der Waals surface area (Å²) in [6, 6.07) is 9.56. The average Bonchev–Trinajstić information content (AvgIpc) is 2.67. The largest absolute Gasteiger partial charge is 0.497 e. The maximum absolute atomic E-state index is 13.0. The molecule has 146 valence electrons. The van der Waals surface area contributed by atoms with E-state index in [1.165, 1.54) is 44.8 Å². The smallest absolute Gasteiger partial charge is 0.338 e. The van der Waals surface area contributed by atoms with E-state index in [9.17, 15) is 13.2 Å². The molecule has 0 aliphatic heterocycles. The second-order valence-electron chi connectivity index (χ2n) is 5.91. The number of sulfonamides is 1. The molecule has 0 atom stereocenters. The highest BCUT2D eigenvalue weighted by Gasteiger charge is 2.24. The molecule has 0 N–H and O–H groups in total. The molecule has 0 heterocycles. The normalized spacial score (nSPS) is 11.3. The van der Waals surface area contributed by atoms with Crippen LogP contribution in [0.2, 0.25) is 0 Å². The fourth-order valence-electron chi connectivity index (χ4n) is 2.60. The molecule has 0 saturated heterocycles. The van der Waals surface area contributed by atoms with E-state index in [1.54, 1.807) is 31.2 Å². The van der Waals surface area contributed by atoms with E-state index >= 15 is 0 Å². The van der Waals surface area contributed by atoms with Gasteiger partial charge >= 0.3 is 5.97 Å². The molecular formula is C19H23NO6S. The van der Waals surface area contributed by atoms with Crippen LogP contribution in [0.25, 0.3) is 0 Å². The summed E-state index contributed by atoms with van der Waals surface area (Å²) in [7, 11) is 1.94. The van der Waals surface area contributed by atoms with Crippen LogP contribution in [0.4, 0.5) is 0 Å². The maximum atomic E-state index is 13.0. The van der Waals surface area contributed by atoms with Gasteiger partial charge in [-0.1, -0.05) is 6.07 Å². The second kappa shape index (κ2) is 8.41. The number of ether oxygens (including phenoxy) is 3. The van der Waals surface area contributed by atoms with Gasteiger partial charge in [0.25, 0.3) is 0 Å². The Morgan fingerprint density at radius 2 is 1.74 bits per heavy atom. The molecule has 0 unspecified atom stereocenters. The molecule has 0 amide bonds. The predicted octanol–water partition coefficient (Wildman–Crippen LogP) is 2.62.